The molecule has 0 spiro atoms. The summed E-state index contributed by atoms with van der Waals surface area (Å²) < 4.78 is 39.4. The minimum atomic E-state index is -4.53. The number of anilines is 1. The molecule has 1 saturated heterocycles. The fourth-order valence-electron chi connectivity index (χ4n) is 3.55. The van der Waals surface area contributed by atoms with Crippen molar-refractivity contribution in [2.75, 3.05) is 5.32 Å². The molecular weight excluding hydrogens is 367 g/mol. The van der Waals surface area contributed by atoms with E-state index < -0.39 is 23.7 Å². The summed E-state index contributed by atoms with van der Waals surface area (Å²) in [5.74, 6) is -0.507. The maximum atomic E-state index is 13.1. The van der Waals surface area contributed by atoms with Crippen LogP contribution in [0.25, 0.3) is 10.8 Å². The van der Waals surface area contributed by atoms with Crippen LogP contribution in [-0.4, -0.2) is 11.9 Å². The molecule has 4 rings (SSSR count). The zero-order valence-electron chi connectivity index (χ0n) is 14.8. The van der Waals surface area contributed by atoms with Gasteiger partial charge < -0.3 is 5.32 Å². The van der Waals surface area contributed by atoms with Gasteiger partial charge in [-0.15, -0.1) is 0 Å². The first-order valence-electron chi connectivity index (χ1n) is 8.89. The van der Waals surface area contributed by atoms with E-state index >= 15 is 0 Å². The predicted molar refractivity (Wildman–Crippen MR) is 101 cm³/mol. The largest absolute Gasteiger partial charge is 0.418 e. The third kappa shape index (κ3) is 3.58. The number of carbonyl (C=O) groups excluding carboxylic acids is 1. The molecule has 0 aliphatic carbocycles. The number of para-hydroxylation sites is 1. The number of rotatable bonds is 3. The Bertz CT molecular complexity index is 1010. The Kier molecular flexibility index (Phi) is 4.78. The van der Waals surface area contributed by atoms with Gasteiger partial charge in [0.15, 0.2) is 0 Å². The number of amides is 1. The van der Waals surface area contributed by atoms with E-state index in [4.69, 9.17) is 0 Å². The molecule has 2 atom stereocenters. The van der Waals surface area contributed by atoms with Gasteiger partial charge in [-0.25, -0.2) is 10.9 Å². The Hall–Kier alpha value is -2.90. The number of hydrogen-bond donors (Lipinski definition) is 3. The van der Waals surface area contributed by atoms with E-state index in [1.54, 1.807) is 0 Å². The number of hydrogen-bond acceptors (Lipinski definition) is 3. The van der Waals surface area contributed by atoms with Gasteiger partial charge in [0.25, 0.3) is 0 Å². The van der Waals surface area contributed by atoms with Gasteiger partial charge in [0.1, 0.15) is 6.04 Å². The van der Waals surface area contributed by atoms with Gasteiger partial charge in [-0.05, 0) is 34.9 Å². The first-order chi connectivity index (χ1) is 13.4. The molecule has 1 amide bonds. The van der Waals surface area contributed by atoms with Crippen LogP contribution in [0.5, 0.6) is 0 Å². The van der Waals surface area contributed by atoms with Crippen molar-refractivity contribution in [2.24, 2.45) is 0 Å². The molecule has 7 heteroatoms. The van der Waals surface area contributed by atoms with Crippen LogP contribution in [-0.2, 0) is 11.0 Å². The molecule has 0 radical (unpaired) electrons. The normalized spacial score (nSPS) is 19.7. The van der Waals surface area contributed by atoms with Gasteiger partial charge in [-0.1, -0.05) is 54.6 Å². The Morgan fingerprint density at radius 3 is 2.46 bits per heavy atom. The van der Waals surface area contributed by atoms with Crippen molar-refractivity contribution in [3.8, 4) is 0 Å². The minimum absolute atomic E-state index is 0.125. The van der Waals surface area contributed by atoms with Gasteiger partial charge in [-0.3, -0.25) is 4.79 Å². The molecule has 3 aromatic carbocycles. The number of halogens is 3. The van der Waals surface area contributed by atoms with Crippen LogP contribution in [0.1, 0.15) is 23.6 Å². The maximum absolute atomic E-state index is 13.1. The second-order valence-electron chi connectivity index (χ2n) is 6.73. The average Bonchev–Trinajstić information content (AvgIpc) is 3.17. The minimum Gasteiger partial charge on any atom is -0.324 e. The third-order valence-corrected chi connectivity index (χ3v) is 4.91. The Balaban J connectivity index is 1.51. The number of alkyl halides is 3. The van der Waals surface area contributed by atoms with Crippen molar-refractivity contribution >= 4 is 22.4 Å². The Morgan fingerprint density at radius 1 is 0.929 bits per heavy atom. The number of fused-ring (bicyclic) bond motifs is 1. The second-order valence-corrected chi connectivity index (χ2v) is 6.73. The number of carbonyl (C=O) groups is 1. The molecule has 1 aliphatic rings. The summed E-state index contributed by atoms with van der Waals surface area (Å²) in [7, 11) is 0. The summed E-state index contributed by atoms with van der Waals surface area (Å²) in [6.45, 7) is 0. The summed E-state index contributed by atoms with van der Waals surface area (Å²) in [6.07, 6.45) is -4.11. The summed E-state index contributed by atoms with van der Waals surface area (Å²) in [5, 5.41) is 4.57. The molecule has 3 aromatic rings. The zero-order valence-corrected chi connectivity index (χ0v) is 14.8. The first kappa shape index (κ1) is 18.5. The maximum Gasteiger partial charge on any atom is 0.418 e. The van der Waals surface area contributed by atoms with E-state index in [2.05, 4.69) is 16.2 Å². The van der Waals surface area contributed by atoms with Gasteiger partial charge in [0.2, 0.25) is 5.91 Å². The van der Waals surface area contributed by atoms with Crippen molar-refractivity contribution < 1.29 is 18.0 Å². The van der Waals surface area contributed by atoms with Gasteiger partial charge in [0.05, 0.1) is 11.3 Å². The molecule has 4 nitrogen and oxygen atoms in total. The summed E-state index contributed by atoms with van der Waals surface area (Å²) in [4.78, 5) is 12.6. The predicted octanol–water partition coefficient (Wildman–Crippen LogP) is 4.40. The molecule has 0 bridgehead atoms. The smallest absolute Gasteiger partial charge is 0.324 e. The van der Waals surface area contributed by atoms with Crippen LogP contribution in [0.2, 0.25) is 0 Å². The van der Waals surface area contributed by atoms with Crippen LogP contribution in [0.3, 0.4) is 0 Å². The molecule has 144 valence electrons. The quantitative estimate of drug-likeness (QED) is 0.626. The van der Waals surface area contributed by atoms with Crippen LogP contribution < -0.4 is 16.2 Å². The van der Waals surface area contributed by atoms with E-state index in [9.17, 15) is 18.0 Å². The molecule has 1 fully saturated rings. The summed E-state index contributed by atoms with van der Waals surface area (Å²) >= 11 is 0. The van der Waals surface area contributed by atoms with E-state index in [1.807, 2.05) is 42.5 Å². The van der Waals surface area contributed by atoms with Gasteiger partial charge >= 0.3 is 6.18 Å². The highest BCUT2D eigenvalue weighted by atomic mass is 19.4. The van der Waals surface area contributed by atoms with Crippen molar-refractivity contribution in [1.29, 1.82) is 0 Å². The fourth-order valence-corrected chi connectivity index (χ4v) is 3.55. The fraction of sp³-hybridized carbons (Fsp3) is 0.190. The monoisotopic (exact) mass is 385 g/mol. The Morgan fingerprint density at radius 2 is 1.64 bits per heavy atom. The lowest BCUT2D eigenvalue weighted by Gasteiger charge is -2.16. The van der Waals surface area contributed by atoms with Crippen LogP contribution in [0.15, 0.2) is 66.7 Å². The number of nitrogens with one attached hydrogen (secondary N) is 3. The molecule has 0 aromatic heterocycles. The topological polar surface area (TPSA) is 53.2 Å². The molecule has 3 N–H and O–H groups in total. The molecule has 1 heterocycles. The van der Waals surface area contributed by atoms with E-state index in [1.165, 1.54) is 18.2 Å². The lowest BCUT2D eigenvalue weighted by Crippen LogP contribution is -2.39. The lowest BCUT2D eigenvalue weighted by molar-refractivity contribution is -0.137. The van der Waals surface area contributed by atoms with Crippen molar-refractivity contribution in [1.82, 2.24) is 10.9 Å². The van der Waals surface area contributed by atoms with Crippen LogP contribution in [0.4, 0.5) is 18.9 Å². The highest BCUT2D eigenvalue weighted by Gasteiger charge is 2.35. The van der Waals surface area contributed by atoms with E-state index in [-0.39, 0.29) is 11.7 Å². The SMILES string of the molecule is O=C(Nc1ccccc1C(F)(F)F)C1CC(c2cccc3ccccc23)NN1. The standard InChI is InChI=1S/C21H18F3N3O/c22-21(23,24)16-10-3-4-11-17(16)25-20(28)19-12-18(26-27-19)15-9-5-7-13-6-1-2-8-14(13)15/h1-11,18-19,26-27H,12H2,(H,25,28). The molecule has 0 saturated carbocycles. The summed E-state index contributed by atoms with van der Waals surface area (Å²) in [5.41, 5.74) is 5.94. The highest BCUT2D eigenvalue weighted by molar-refractivity contribution is 5.96. The van der Waals surface area contributed by atoms with E-state index in [0.29, 0.717) is 6.42 Å². The lowest BCUT2D eigenvalue weighted by atomic mass is 9.96. The molecular formula is C21H18F3N3O. The molecule has 2 unspecified atom stereocenters. The first-order valence-corrected chi connectivity index (χ1v) is 8.89. The zero-order chi connectivity index (χ0) is 19.7. The van der Waals surface area contributed by atoms with Crippen molar-refractivity contribution in [2.45, 2.75) is 24.7 Å². The van der Waals surface area contributed by atoms with Crippen LogP contribution in [0, 0.1) is 0 Å². The highest BCUT2D eigenvalue weighted by Crippen LogP contribution is 2.35. The third-order valence-electron chi connectivity index (χ3n) is 4.91. The van der Waals surface area contributed by atoms with Gasteiger partial charge in [-0.2, -0.15) is 13.2 Å². The average molecular weight is 385 g/mol. The van der Waals surface area contributed by atoms with Crippen molar-refractivity contribution in [3.63, 3.8) is 0 Å². The van der Waals surface area contributed by atoms with Crippen molar-refractivity contribution in [3.05, 3.63) is 77.9 Å². The molecule has 28 heavy (non-hydrogen) atoms. The Labute approximate surface area is 159 Å². The number of benzene rings is 3. The van der Waals surface area contributed by atoms with Crippen LogP contribution >= 0.6 is 0 Å². The second kappa shape index (κ2) is 7.26. The molecule has 1 aliphatic heterocycles. The summed E-state index contributed by atoms with van der Waals surface area (Å²) in [6, 6.07) is 18.1. The number of hydrazine groups is 1. The van der Waals surface area contributed by atoms with E-state index in [0.717, 1.165) is 22.4 Å². The van der Waals surface area contributed by atoms with Gasteiger partial charge in [0, 0.05) is 6.04 Å².